The smallest absolute Gasteiger partial charge is 0.330 e. The van der Waals surface area contributed by atoms with E-state index in [0.29, 0.717) is 23.3 Å². The van der Waals surface area contributed by atoms with Crippen LogP contribution in [0.15, 0.2) is 39.6 Å². The Morgan fingerprint density at radius 1 is 1.12 bits per heavy atom. The van der Waals surface area contributed by atoms with E-state index in [4.69, 9.17) is 14.2 Å². The zero-order valence-corrected chi connectivity index (χ0v) is 26.1. The van der Waals surface area contributed by atoms with Gasteiger partial charge in [0.2, 0.25) is 0 Å². The van der Waals surface area contributed by atoms with Gasteiger partial charge in [0.05, 0.1) is 5.92 Å². The van der Waals surface area contributed by atoms with Gasteiger partial charge in [-0.1, -0.05) is 38.5 Å². The number of aryl methyl sites for hydroxylation is 1. The van der Waals surface area contributed by atoms with Crippen LogP contribution in [-0.2, 0) is 23.8 Å². The summed E-state index contributed by atoms with van der Waals surface area (Å²) in [6.07, 6.45) is 14.9. The maximum Gasteiger partial charge on any atom is 0.330 e. The van der Waals surface area contributed by atoms with Crippen LogP contribution < -0.4 is 11.2 Å². The van der Waals surface area contributed by atoms with Crippen molar-refractivity contribution in [3.05, 3.63) is 56.4 Å². The molecule has 0 radical (unpaired) electrons. The molecule has 10 atom stereocenters. The Hall–Kier alpha value is -2.94. The first-order valence-corrected chi connectivity index (χ1v) is 16.1. The van der Waals surface area contributed by atoms with Gasteiger partial charge in [0.1, 0.15) is 18.8 Å². The summed E-state index contributed by atoms with van der Waals surface area (Å²) >= 11 is 0. The molecule has 4 aliphatic carbocycles. The molecule has 2 heterocycles. The molecule has 0 aromatic carbocycles. The number of esters is 2. The molecule has 9 heteroatoms. The molecule has 5 aliphatic rings. The maximum atomic E-state index is 13.4. The zero-order chi connectivity index (χ0) is 30.7. The van der Waals surface area contributed by atoms with Crippen LogP contribution in [0.2, 0.25) is 0 Å². The molecule has 234 valence electrons. The van der Waals surface area contributed by atoms with E-state index in [0.717, 1.165) is 44.9 Å². The average molecular weight is 595 g/mol. The lowest BCUT2D eigenvalue weighted by atomic mass is 9.47. The van der Waals surface area contributed by atoms with Crippen molar-refractivity contribution in [2.75, 3.05) is 6.61 Å². The summed E-state index contributed by atoms with van der Waals surface area (Å²) in [5.74, 6) is 1.56. The van der Waals surface area contributed by atoms with Gasteiger partial charge in [0.25, 0.3) is 5.56 Å². The van der Waals surface area contributed by atoms with E-state index >= 15 is 0 Å². The number of aromatic amines is 1. The molecule has 43 heavy (non-hydrogen) atoms. The second kappa shape index (κ2) is 11.2. The zero-order valence-electron chi connectivity index (χ0n) is 26.1. The largest absolute Gasteiger partial charge is 0.462 e. The van der Waals surface area contributed by atoms with Crippen LogP contribution in [0.3, 0.4) is 0 Å². The van der Waals surface area contributed by atoms with Gasteiger partial charge >= 0.3 is 17.6 Å². The number of allylic oxidation sites excluding steroid dienone is 1. The number of hydrogen-bond acceptors (Lipinski definition) is 7. The van der Waals surface area contributed by atoms with Crippen molar-refractivity contribution in [1.82, 2.24) is 9.55 Å². The van der Waals surface area contributed by atoms with Gasteiger partial charge in [0, 0.05) is 25.1 Å². The molecule has 0 saturated heterocycles. The van der Waals surface area contributed by atoms with Crippen LogP contribution in [0.4, 0.5) is 0 Å². The van der Waals surface area contributed by atoms with Crippen LogP contribution in [0.25, 0.3) is 0 Å². The van der Waals surface area contributed by atoms with Crippen molar-refractivity contribution in [2.45, 2.75) is 104 Å². The van der Waals surface area contributed by atoms with Crippen molar-refractivity contribution in [3.63, 3.8) is 0 Å². The van der Waals surface area contributed by atoms with Gasteiger partial charge in [-0.15, -0.1) is 0 Å². The summed E-state index contributed by atoms with van der Waals surface area (Å²) in [4.78, 5) is 51.2. The maximum absolute atomic E-state index is 13.4. The number of ether oxygens (including phenoxy) is 3. The first kappa shape index (κ1) is 30.1. The molecule has 0 amide bonds. The number of carbonyl (C=O) groups is 2. The highest BCUT2D eigenvalue weighted by Crippen LogP contribution is 2.67. The van der Waals surface area contributed by atoms with Gasteiger partial charge in [-0.25, -0.2) is 4.79 Å². The van der Waals surface area contributed by atoms with Crippen LogP contribution >= 0.6 is 0 Å². The molecule has 3 fully saturated rings. The number of nitrogens with zero attached hydrogens (tertiary/aromatic N) is 1. The highest BCUT2D eigenvalue weighted by molar-refractivity contribution is 5.72. The number of nitrogens with one attached hydrogen (secondary N) is 1. The van der Waals surface area contributed by atoms with E-state index in [-0.39, 0.29) is 47.3 Å². The fourth-order valence-corrected chi connectivity index (χ4v) is 9.80. The van der Waals surface area contributed by atoms with E-state index in [2.05, 4.69) is 24.9 Å². The molecule has 9 unspecified atom stereocenters. The quantitative estimate of drug-likeness (QED) is 0.364. The van der Waals surface area contributed by atoms with E-state index < -0.39 is 23.6 Å². The summed E-state index contributed by atoms with van der Waals surface area (Å²) in [5, 5.41) is 0. The number of carbonyl (C=O) groups excluding carboxylic acids is 2. The number of H-pyrrole nitrogens is 1. The SMILES string of the molecule is CC(=O)O[C@H]1CCC2(C)C(=CCC3C2CCC2(C)C(C(C)C(=O)OCC4C=CC(n5cc(C)c(=O)[nH]c5=O)O4)CCC32)C1. The molecular weight excluding hydrogens is 548 g/mol. The summed E-state index contributed by atoms with van der Waals surface area (Å²) in [6, 6.07) is 0. The van der Waals surface area contributed by atoms with Gasteiger partial charge in [0.15, 0.2) is 6.23 Å². The van der Waals surface area contributed by atoms with Crippen molar-refractivity contribution in [3.8, 4) is 0 Å². The molecule has 0 bridgehead atoms. The Morgan fingerprint density at radius 3 is 2.67 bits per heavy atom. The molecule has 1 aliphatic heterocycles. The third-order valence-electron chi connectivity index (χ3n) is 12.1. The molecule has 0 spiro atoms. The lowest BCUT2D eigenvalue weighted by Crippen LogP contribution is -2.51. The predicted molar refractivity (Wildman–Crippen MR) is 160 cm³/mol. The van der Waals surface area contributed by atoms with Gasteiger partial charge < -0.3 is 14.2 Å². The lowest BCUT2D eigenvalue weighted by molar-refractivity contribution is -0.157. The molecule has 1 N–H and O–H groups in total. The third kappa shape index (κ3) is 5.25. The monoisotopic (exact) mass is 594 g/mol. The second-order valence-corrected chi connectivity index (χ2v) is 14.3. The van der Waals surface area contributed by atoms with Crippen molar-refractivity contribution < 1.29 is 23.8 Å². The molecule has 3 saturated carbocycles. The standard InChI is InChI=1S/C34H46N2O7/c1-19-17-36(32(40)35-30(19)38)29-11-7-24(43-29)18-41-31(39)20(2)26-9-10-27-25-8-6-22-16-23(42-21(3)37)12-14-33(22,4)28(25)13-15-34(26,27)5/h6-7,11,17,20,23-29H,8-10,12-16,18H2,1-5H3,(H,35,38,40)/t20?,23-,24?,25?,26?,27?,28?,29?,33?,34?/m0/s1. The first-order chi connectivity index (χ1) is 20.4. The molecule has 1 aromatic heterocycles. The Labute approximate surface area is 253 Å². The first-order valence-electron chi connectivity index (χ1n) is 16.1. The van der Waals surface area contributed by atoms with Gasteiger partial charge in [-0.2, -0.15) is 0 Å². The molecular formula is C34H46N2O7. The highest BCUT2D eigenvalue weighted by atomic mass is 16.6. The predicted octanol–water partition coefficient (Wildman–Crippen LogP) is 4.99. The van der Waals surface area contributed by atoms with E-state index in [9.17, 15) is 19.2 Å². The number of rotatable bonds is 6. The third-order valence-corrected chi connectivity index (χ3v) is 12.1. The number of hydrogen-bond donors (Lipinski definition) is 1. The Bertz CT molecular complexity index is 1460. The second-order valence-electron chi connectivity index (χ2n) is 14.3. The summed E-state index contributed by atoms with van der Waals surface area (Å²) in [6.45, 7) is 10.1. The summed E-state index contributed by atoms with van der Waals surface area (Å²) < 4.78 is 18.7. The van der Waals surface area contributed by atoms with Crippen molar-refractivity contribution >= 4 is 11.9 Å². The van der Waals surface area contributed by atoms with Crippen molar-refractivity contribution in [1.29, 1.82) is 0 Å². The van der Waals surface area contributed by atoms with Crippen LogP contribution in [0.5, 0.6) is 0 Å². The molecule has 1 aromatic rings. The number of fused-ring (bicyclic) bond motifs is 5. The topological polar surface area (TPSA) is 117 Å². The van der Waals surface area contributed by atoms with E-state index in [1.807, 2.05) is 6.92 Å². The molecule has 6 rings (SSSR count). The lowest BCUT2D eigenvalue weighted by Gasteiger charge is -2.58. The average Bonchev–Trinajstić information content (AvgIpc) is 3.57. The van der Waals surface area contributed by atoms with Crippen molar-refractivity contribution in [2.24, 2.45) is 40.4 Å². The Kier molecular flexibility index (Phi) is 7.84. The number of aromatic nitrogens is 2. The van der Waals surface area contributed by atoms with Crippen LogP contribution in [0, 0.1) is 47.3 Å². The van der Waals surface area contributed by atoms with E-state index in [1.54, 1.807) is 19.1 Å². The molecule has 9 nitrogen and oxygen atoms in total. The van der Waals surface area contributed by atoms with Crippen LogP contribution in [-0.4, -0.2) is 40.3 Å². The fourth-order valence-electron chi connectivity index (χ4n) is 9.80. The van der Waals surface area contributed by atoms with Crippen LogP contribution in [0.1, 0.15) is 90.9 Å². The normalized spacial score (nSPS) is 38.8. The minimum absolute atomic E-state index is 0.0111. The summed E-state index contributed by atoms with van der Waals surface area (Å²) in [5.41, 5.74) is 1.24. The minimum Gasteiger partial charge on any atom is -0.462 e. The minimum atomic E-state index is -0.655. The summed E-state index contributed by atoms with van der Waals surface area (Å²) in [7, 11) is 0. The van der Waals surface area contributed by atoms with Gasteiger partial charge in [-0.3, -0.25) is 23.9 Å². The Balaban J connectivity index is 1.07. The highest BCUT2D eigenvalue weighted by Gasteiger charge is 2.60. The fraction of sp³-hybridized carbons (Fsp3) is 0.706. The van der Waals surface area contributed by atoms with Gasteiger partial charge in [-0.05, 0) is 92.4 Å². The Morgan fingerprint density at radius 2 is 1.91 bits per heavy atom. The van der Waals surface area contributed by atoms with E-state index in [1.165, 1.54) is 29.7 Å².